The molecule has 1 rings (SSSR count). The molecule has 1 aromatic heterocycles. The fourth-order valence-electron chi connectivity index (χ4n) is 2.19. The minimum atomic E-state index is -0.740. The van der Waals surface area contributed by atoms with Crippen LogP contribution in [0, 0.1) is 29.9 Å². The van der Waals surface area contributed by atoms with Crippen LogP contribution < -0.4 is 5.32 Å². The predicted octanol–water partition coefficient (Wildman–Crippen LogP) is 0.376. The lowest BCUT2D eigenvalue weighted by Gasteiger charge is -2.22. The van der Waals surface area contributed by atoms with Crippen molar-refractivity contribution in [1.29, 1.82) is 0 Å². The third-order valence-electron chi connectivity index (χ3n) is 3.53. The first-order valence-electron chi connectivity index (χ1n) is 6.98. The molecule has 0 spiro atoms. The van der Waals surface area contributed by atoms with Gasteiger partial charge in [0.1, 0.15) is 11.4 Å². The Kier molecular flexibility index (Phi) is 6.25. The van der Waals surface area contributed by atoms with E-state index in [1.165, 1.54) is 4.68 Å². The van der Waals surface area contributed by atoms with E-state index in [1.807, 2.05) is 13.8 Å². The van der Waals surface area contributed by atoms with Crippen LogP contribution >= 0.6 is 0 Å². The number of rotatable bonds is 8. The van der Waals surface area contributed by atoms with Gasteiger partial charge in [0, 0.05) is 12.6 Å². The first-order chi connectivity index (χ1) is 9.77. The number of aryl methyl sites for hydroxylation is 1. The molecule has 0 radical (unpaired) electrons. The third-order valence-corrected chi connectivity index (χ3v) is 3.53. The van der Waals surface area contributed by atoms with Gasteiger partial charge in [-0.25, -0.2) is 0 Å². The maximum absolute atomic E-state index is 10.9. The molecule has 0 aliphatic heterocycles. The third kappa shape index (κ3) is 4.48. The van der Waals surface area contributed by atoms with Crippen molar-refractivity contribution >= 4 is 5.69 Å². The molecule has 0 aromatic carbocycles. The quantitative estimate of drug-likeness (QED) is 0.472. The fraction of sp³-hybridized carbons (Fsp3) is 0.769. The molecule has 0 aliphatic carbocycles. The van der Waals surface area contributed by atoms with Crippen LogP contribution in [0.3, 0.4) is 0 Å². The molecule has 0 amide bonds. The van der Waals surface area contributed by atoms with Crippen LogP contribution in [-0.2, 0) is 6.54 Å². The van der Waals surface area contributed by atoms with Gasteiger partial charge in [-0.3, -0.25) is 14.8 Å². The Morgan fingerprint density at radius 1 is 1.43 bits per heavy atom. The number of aromatic nitrogens is 2. The van der Waals surface area contributed by atoms with Crippen molar-refractivity contribution in [1.82, 2.24) is 15.1 Å². The van der Waals surface area contributed by atoms with Crippen molar-refractivity contribution in [2.45, 2.75) is 46.4 Å². The molecule has 0 saturated carbocycles. The molecule has 2 atom stereocenters. The van der Waals surface area contributed by atoms with Crippen LogP contribution in [0.25, 0.3) is 0 Å². The smallest absolute Gasteiger partial charge is 0.312 e. The molecule has 1 unspecified atom stereocenters. The van der Waals surface area contributed by atoms with E-state index in [0.717, 1.165) is 0 Å². The molecular weight excluding hydrogens is 276 g/mol. The van der Waals surface area contributed by atoms with Crippen LogP contribution in [0.1, 0.15) is 25.2 Å². The average molecular weight is 300 g/mol. The SMILES string of the molecule is Cc1nn(CC(O)CN[C@H](CO)C(C)C)c(C)c1[N+](=O)[O-]. The van der Waals surface area contributed by atoms with Crippen molar-refractivity contribution in [3.8, 4) is 0 Å². The largest absolute Gasteiger partial charge is 0.395 e. The van der Waals surface area contributed by atoms with Crippen LogP contribution in [0.2, 0.25) is 0 Å². The number of hydrogen-bond acceptors (Lipinski definition) is 6. The van der Waals surface area contributed by atoms with E-state index in [-0.39, 0.29) is 37.3 Å². The van der Waals surface area contributed by atoms with Crippen LogP contribution in [-0.4, -0.2) is 50.2 Å². The Bertz CT molecular complexity index is 487. The van der Waals surface area contributed by atoms with Crippen molar-refractivity contribution in [2.24, 2.45) is 5.92 Å². The van der Waals surface area contributed by atoms with E-state index in [0.29, 0.717) is 11.4 Å². The molecule has 3 N–H and O–H groups in total. The lowest BCUT2D eigenvalue weighted by Crippen LogP contribution is -2.42. The molecule has 1 aromatic rings. The molecule has 8 heteroatoms. The van der Waals surface area contributed by atoms with Crippen molar-refractivity contribution < 1.29 is 15.1 Å². The summed E-state index contributed by atoms with van der Waals surface area (Å²) in [6.45, 7) is 7.60. The summed E-state index contributed by atoms with van der Waals surface area (Å²) in [7, 11) is 0. The molecule has 1 heterocycles. The zero-order valence-corrected chi connectivity index (χ0v) is 12.9. The number of nitrogens with one attached hydrogen (secondary N) is 1. The standard InChI is InChI=1S/C13H24N4O4/c1-8(2)12(7-18)14-5-11(19)6-16-10(4)13(17(20)21)9(3)15-16/h8,11-12,14,18-19H,5-7H2,1-4H3/t11?,12-/m1/s1. The molecule has 8 nitrogen and oxygen atoms in total. The fourth-order valence-corrected chi connectivity index (χ4v) is 2.19. The molecule has 120 valence electrons. The monoisotopic (exact) mass is 300 g/mol. The Balaban J connectivity index is 2.65. The van der Waals surface area contributed by atoms with Gasteiger partial charge in [-0.1, -0.05) is 13.8 Å². The summed E-state index contributed by atoms with van der Waals surface area (Å²) in [4.78, 5) is 10.5. The summed E-state index contributed by atoms with van der Waals surface area (Å²) in [5.74, 6) is 0.247. The van der Waals surface area contributed by atoms with Crippen LogP contribution in [0.5, 0.6) is 0 Å². The second-order valence-corrected chi connectivity index (χ2v) is 5.55. The predicted molar refractivity (Wildman–Crippen MR) is 78.1 cm³/mol. The van der Waals surface area contributed by atoms with Gasteiger partial charge in [-0.15, -0.1) is 0 Å². The number of nitro groups is 1. The van der Waals surface area contributed by atoms with E-state index in [2.05, 4.69) is 10.4 Å². The average Bonchev–Trinajstić information content (AvgIpc) is 2.64. The number of hydrogen-bond donors (Lipinski definition) is 3. The summed E-state index contributed by atoms with van der Waals surface area (Å²) in [6, 6.07) is -0.0885. The highest BCUT2D eigenvalue weighted by Crippen LogP contribution is 2.21. The lowest BCUT2D eigenvalue weighted by molar-refractivity contribution is -0.386. The maximum Gasteiger partial charge on any atom is 0.312 e. The van der Waals surface area contributed by atoms with Crippen molar-refractivity contribution in [3.05, 3.63) is 21.5 Å². The summed E-state index contributed by atoms with van der Waals surface area (Å²) >= 11 is 0. The van der Waals surface area contributed by atoms with Gasteiger partial charge in [0.25, 0.3) is 0 Å². The Morgan fingerprint density at radius 3 is 2.48 bits per heavy atom. The van der Waals surface area contributed by atoms with E-state index < -0.39 is 11.0 Å². The van der Waals surface area contributed by atoms with Gasteiger partial charge < -0.3 is 15.5 Å². The van der Waals surface area contributed by atoms with Crippen LogP contribution in [0.15, 0.2) is 0 Å². The molecule has 0 saturated heterocycles. The minimum Gasteiger partial charge on any atom is -0.395 e. The van der Waals surface area contributed by atoms with Gasteiger partial charge in [0.2, 0.25) is 0 Å². The highest BCUT2D eigenvalue weighted by molar-refractivity contribution is 5.39. The highest BCUT2D eigenvalue weighted by atomic mass is 16.6. The number of aliphatic hydroxyl groups excluding tert-OH is 2. The summed E-state index contributed by atoms with van der Waals surface area (Å²) < 4.78 is 1.45. The Hall–Kier alpha value is -1.51. The molecule has 0 fully saturated rings. The van der Waals surface area contributed by atoms with Gasteiger partial charge in [-0.05, 0) is 19.8 Å². The van der Waals surface area contributed by atoms with Crippen LogP contribution in [0.4, 0.5) is 5.69 Å². The second-order valence-electron chi connectivity index (χ2n) is 5.55. The molecule has 21 heavy (non-hydrogen) atoms. The van der Waals surface area contributed by atoms with E-state index >= 15 is 0 Å². The minimum absolute atomic E-state index is 0.00420. The maximum atomic E-state index is 10.9. The topological polar surface area (TPSA) is 113 Å². The Labute approximate surface area is 123 Å². The van der Waals surface area contributed by atoms with Gasteiger partial charge >= 0.3 is 5.69 Å². The lowest BCUT2D eigenvalue weighted by atomic mass is 10.1. The van der Waals surface area contributed by atoms with E-state index in [4.69, 9.17) is 0 Å². The normalized spacial score (nSPS) is 14.4. The van der Waals surface area contributed by atoms with E-state index in [9.17, 15) is 20.3 Å². The number of nitrogens with zero attached hydrogens (tertiary/aromatic N) is 3. The van der Waals surface area contributed by atoms with Crippen molar-refractivity contribution in [2.75, 3.05) is 13.2 Å². The zero-order valence-electron chi connectivity index (χ0n) is 12.9. The number of aliphatic hydroxyl groups is 2. The van der Waals surface area contributed by atoms with Crippen molar-refractivity contribution in [3.63, 3.8) is 0 Å². The highest BCUT2D eigenvalue weighted by Gasteiger charge is 2.23. The second kappa shape index (κ2) is 7.48. The summed E-state index contributed by atoms with van der Waals surface area (Å²) in [5.41, 5.74) is 0.762. The summed E-state index contributed by atoms with van der Waals surface area (Å²) in [6.07, 6.45) is -0.740. The summed E-state index contributed by atoms with van der Waals surface area (Å²) in [5, 5.41) is 37.3. The molecule has 0 bridgehead atoms. The van der Waals surface area contributed by atoms with Gasteiger partial charge in [0.15, 0.2) is 0 Å². The molecular formula is C13H24N4O4. The van der Waals surface area contributed by atoms with Gasteiger partial charge in [0.05, 0.1) is 24.2 Å². The Morgan fingerprint density at radius 2 is 2.05 bits per heavy atom. The zero-order chi connectivity index (χ0) is 16.2. The molecule has 0 aliphatic rings. The first kappa shape index (κ1) is 17.5. The van der Waals surface area contributed by atoms with Gasteiger partial charge in [-0.2, -0.15) is 5.10 Å². The first-order valence-corrected chi connectivity index (χ1v) is 6.98. The van der Waals surface area contributed by atoms with E-state index in [1.54, 1.807) is 13.8 Å².